The van der Waals surface area contributed by atoms with Crippen molar-refractivity contribution in [3.05, 3.63) is 27.7 Å². The Hall–Kier alpha value is -0.370. The van der Waals surface area contributed by atoms with Crippen LogP contribution in [0.5, 0.6) is 0 Å². The summed E-state index contributed by atoms with van der Waals surface area (Å²) in [6, 6.07) is 2.48. The summed E-state index contributed by atoms with van der Waals surface area (Å²) >= 11 is 11.9. The summed E-state index contributed by atoms with van der Waals surface area (Å²) in [5.41, 5.74) is 0.283. The predicted octanol–water partition coefficient (Wildman–Crippen LogP) is 2.10. The molecule has 0 aliphatic heterocycles. The molecule has 8 heteroatoms. The normalized spacial score (nSPS) is 13.7. The third-order valence-electron chi connectivity index (χ3n) is 2.90. The van der Waals surface area contributed by atoms with Gasteiger partial charge in [0.1, 0.15) is 4.90 Å². The number of aliphatic hydroxyl groups excluding tert-OH is 1. The number of rotatable bonds is 7. The maximum Gasteiger partial charge on any atom is 0.242 e. The fourth-order valence-corrected chi connectivity index (χ4v) is 3.97. The van der Waals surface area contributed by atoms with Crippen molar-refractivity contribution in [3.8, 4) is 0 Å². The molecule has 0 aromatic heterocycles. The first-order valence-electron chi connectivity index (χ1n) is 6.43. The monoisotopic (exact) mass is 354 g/mol. The molecule has 0 fully saturated rings. The van der Waals surface area contributed by atoms with Gasteiger partial charge in [-0.25, -0.2) is 13.1 Å². The van der Waals surface area contributed by atoms with Gasteiger partial charge in [-0.1, -0.05) is 23.2 Å². The van der Waals surface area contributed by atoms with Crippen LogP contribution in [0, 0.1) is 0 Å². The van der Waals surface area contributed by atoms with Crippen LogP contribution < -0.4 is 4.72 Å². The van der Waals surface area contributed by atoms with E-state index in [-0.39, 0.29) is 33.2 Å². The summed E-state index contributed by atoms with van der Waals surface area (Å²) in [6.07, 6.45) is 0.664. The maximum absolute atomic E-state index is 12.4. The Morgan fingerprint density at radius 1 is 1.33 bits per heavy atom. The number of nitrogens with zero attached hydrogens (tertiary/aromatic N) is 1. The first kappa shape index (κ1) is 18.7. The average molecular weight is 355 g/mol. The van der Waals surface area contributed by atoms with Gasteiger partial charge in [-0.3, -0.25) is 0 Å². The molecule has 21 heavy (non-hydrogen) atoms. The maximum atomic E-state index is 12.4. The Morgan fingerprint density at radius 3 is 2.48 bits per heavy atom. The molecule has 0 saturated carbocycles. The average Bonchev–Trinajstić information content (AvgIpc) is 2.38. The molecule has 1 aromatic carbocycles. The van der Waals surface area contributed by atoms with Crippen molar-refractivity contribution in [2.75, 3.05) is 20.6 Å². The summed E-state index contributed by atoms with van der Waals surface area (Å²) in [5.74, 6) is 0. The van der Waals surface area contributed by atoms with Crippen LogP contribution in [0.15, 0.2) is 17.0 Å². The van der Waals surface area contributed by atoms with Crippen molar-refractivity contribution < 1.29 is 13.5 Å². The summed E-state index contributed by atoms with van der Waals surface area (Å²) in [5, 5.41) is 9.40. The molecule has 5 nitrogen and oxygen atoms in total. The number of halogens is 2. The number of benzene rings is 1. The fraction of sp³-hybridized carbons (Fsp3) is 0.538. The van der Waals surface area contributed by atoms with Crippen LogP contribution in [0.1, 0.15) is 18.9 Å². The summed E-state index contributed by atoms with van der Waals surface area (Å²) in [6.45, 7) is 2.17. The zero-order valence-electron chi connectivity index (χ0n) is 12.2. The van der Waals surface area contributed by atoms with E-state index in [1.807, 2.05) is 19.0 Å². The molecule has 0 radical (unpaired) electrons. The molecular weight excluding hydrogens is 335 g/mol. The minimum absolute atomic E-state index is 0.00536. The predicted molar refractivity (Wildman–Crippen MR) is 85.3 cm³/mol. The zero-order chi connectivity index (χ0) is 16.2. The van der Waals surface area contributed by atoms with Crippen molar-refractivity contribution in [2.45, 2.75) is 30.9 Å². The molecule has 0 saturated heterocycles. The first-order valence-corrected chi connectivity index (χ1v) is 8.67. The first-order chi connectivity index (χ1) is 9.67. The van der Waals surface area contributed by atoms with Gasteiger partial charge in [0.25, 0.3) is 0 Å². The summed E-state index contributed by atoms with van der Waals surface area (Å²) in [7, 11) is 0.0493. The molecule has 0 amide bonds. The molecule has 1 atom stereocenters. The molecule has 1 unspecified atom stereocenters. The topological polar surface area (TPSA) is 69.6 Å². The van der Waals surface area contributed by atoms with Crippen LogP contribution in [0.3, 0.4) is 0 Å². The highest BCUT2D eigenvalue weighted by Crippen LogP contribution is 2.29. The van der Waals surface area contributed by atoms with Crippen LogP contribution in [0.4, 0.5) is 0 Å². The minimum Gasteiger partial charge on any atom is -0.392 e. The minimum atomic E-state index is -3.79. The molecule has 0 heterocycles. The highest BCUT2D eigenvalue weighted by atomic mass is 35.5. The van der Waals surface area contributed by atoms with Gasteiger partial charge in [0.2, 0.25) is 10.0 Å². The van der Waals surface area contributed by atoms with Gasteiger partial charge in [0, 0.05) is 11.1 Å². The molecule has 0 aliphatic carbocycles. The molecule has 2 N–H and O–H groups in total. The highest BCUT2D eigenvalue weighted by molar-refractivity contribution is 7.89. The van der Waals surface area contributed by atoms with E-state index in [4.69, 9.17) is 23.2 Å². The van der Waals surface area contributed by atoms with Gasteiger partial charge >= 0.3 is 0 Å². The number of sulfonamides is 1. The van der Waals surface area contributed by atoms with Gasteiger partial charge in [0.05, 0.1) is 11.6 Å². The molecule has 0 bridgehead atoms. The van der Waals surface area contributed by atoms with Crippen molar-refractivity contribution in [2.24, 2.45) is 0 Å². The Bertz CT molecular complexity index is 591. The molecule has 0 aliphatic rings. The van der Waals surface area contributed by atoms with Gasteiger partial charge in [-0.15, -0.1) is 0 Å². The summed E-state index contributed by atoms with van der Waals surface area (Å²) in [4.78, 5) is 1.86. The third-order valence-corrected chi connectivity index (χ3v) is 5.30. The fourth-order valence-electron chi connectivity index (χ4n) is 1.77. The second kappa shape index (κ2) is 7.76. The van der Waals surface area contributed by atoms with E-state index in [9.17, 15) is 13.5 Å². The van der Waals surface area contributed by atoms with E-state index >= 15 is 0 Å². The van der Waals surface area contributed by atoms with Crippen molar-refractivity contribution in [3.63, 3.8) is 0 Å². The van der Waals surface area contributed by atoms with Crippen LogP contribution in [-0.4, -0.2) is 45.1 Å². The second-order valence-corrected chi connectivity index (χ2v) is 7.65. The molecule has 1 rings (SSSR count). The van der Waals surface area contributed by atoms with Gasteiger partial charge in [-0.2, -0.15) is 0 Å². The number of nitrogens with one attached hydrogen (secondary N) is 1. The van der Waals surface area contributed by atoms with Crippen LogP contribution in [0.2, 0.25) is 10.0 Å². The largest absolute Gasteiger partial charge is 0.392 e. The lowest BCUT2D eigenvalue weighted by Crippen LogP contribution is -2.35. The molecule has 0 spiro atoms. The number of hydrogen-bond acceptors (Lipinski definition) is 4. The second-order valence-electron chi connectivity index (χ2n) is 5.15. The van der Waals surface area contributed by atoms with E-state index < -0.39 is 10.0 Å². The third kappa shape index (κ3) is 5.39. The highest BCUT2D eigenvalue weighted by Gasteiger charge is 2.23. The Kier molecular flexibility index (Phi) is 6.90. The van der Waals surface area contributed by atoms with Crippen LogP contribution in [0.25, 0.3) is 0 Å². The standard InChI is InChI=1S/C13H20Cl2N2O3S/c1-9(4-5-17(2)3)16-21(19,20)12-7-11(14)6-10(8-18)13(12)15/h6-7,9,16,18H,4-5,8H2,1-3H3. The number of hydrogen-bond donors (Lipinski definition) is 2. The van der Waals surface area contributed by atoms with E-state index in [0.717, 1.165) is 6.54 Å². The van der Waals surface area contributed by atoms with Crippen molar-refractivity contribution >= 4 is 33.2 Å². The van der Waals surface area contributed by atoms with Crippen molar-refractivity contribution in [1.82, 2.24) is 9.62 Å². The Balaban J connectivity index is 3.00. The summed E-state index contributed by atoms with van der Waals surface area (Å²) < 4.78 is 27.3. The molecular formula is C13H20Cl2N2O3S. The SMILES string of the molecule is CC(CCN(C)C)NS(=O)(=O)c1cc(Cl)cc(CO)c1Cl. The van der Waals surface area contributed by atoms with E-state index in [2.05, 4.69) is 4.72 Å². The van der Waals surface area contributed by atoms with Crippen LogP contribution in [-0.2, 0) is 16.6 Å². The van der Waals surface area contributed by atoms with Gasteiger partial charge in [-0.05, 0) is 51.7 Å². The van der Waals surface area contributed by atoms with E-state index in [0.29, 0.717) is 6.42 Å². The van der Waals surface area contributed by atoms with E-state index in [1.54, 1.807) is 6.92 Å². The van der Waals surface area contributed by atoms with E-state index in [1.165, 1.54) is 12.1 Å². The quantitative estimate of drug-likeness (QED) is 0.786. The smallest absolute Gasteiger partial charge is 0.242 e. The van der Waals surface area contributed by atoms with Gasteiger partial charge in [0.15, 0.2) is 0 Å². The Morgan fingerprint density at radius 2 is 1.95 bits per heavy atom. The van der Waals surface area contributed by atoms with Crippen LogP contribution >= 0.6 is 23.2 Å². The number of aliphatic hydroxyl groups is 1. The molecule has 1 aromatic rings. The van der Waals surface area contributed by atoms with Crippen molar-refractivity contribution in [1.29, 1.82) is 0 Å². The Labute approximate surface area is 135 Å². The molecule has 120 valence electrons. The zero-order valence-corrected chi connectivity index (χ0v) is 14.6. The lowest BCUT2D eigenvalue weighted by molar-refractivity contribution is 0.281. The van der Waals surface area contributed by atoms with Gasteiger partial charge < -0.3 is 10.0 Å². The lowest BCUT2D eigenvalue weighted by Gasteiger charge is -2.18. The lowest BCUT2D eigenvalue weighted by atomic mass is 10.2.